The number of rotatable bonds is 6. The predicted octanol–water partition coefficient (Wildman–Crippen LogP) is 4.86. The maximum absolute atomic E-state index is 13.0. The van der Waals surface area contributed by atoms with Crippen molar-refractivity contribution >= 4 is 40.8 Å². The number of hydrogen-bond acceptors (Lipinski definition) is 5. The number of carbonyl (C=O) groups is 2. The molecule has 0 aromatic heterocycles. The lowest BCUT2D eigenvalue weighted by molar-refractivity contribution is -0.134. The summed E-state index contributed by atoms with van der Waals surface area (Å²) in [6.07, 6.45) is 2.44. The van der Waals surface area contributed by atoms with Gasteiger partial charge >= 0.3 is 5.97 Å². The normalized spacial score (nSPS) is 14.5. The molecule has 144 valence electrons. The third kappa shape index (κ3) is 4.88. The van der Waals surface area contributed by atoms with E-state index < -0.39 is 11.8 Å². The van der Waals surface area contributed by atoms with Gasteiger partial charge in [-0.1, -0.05) is 42.5 Å². The van der Waals surface area contributed by atoms with E-state index in [2.05, 4.69) is 0 Å². The molecule has 4 nitrogen and oxygen atoms in total. The van der Waals surface area contributed by atoms with Gasteiger partial charge in [-0.05, 0) is 52.8 Å². The third-order valence-electron chi connectivity index (χ3n) is 4.18. The Balaban J connectivity index is 2.06. The SMILES string of the molecule is COc1ccc(/C(=C\C(=O)C(C(=O)O)=C2SCCCS2)c2ccccc2)cc1. The molecule has 2 aromatic carbocycles. The monoisotopic (exact) mass is 412 g/mol. The Morgan fingerprint density at radius 2 is 1.57 bits per heavy atom. The number of hydrogen-bond donors (Lipinski definition) is 1. The van der Waals surface area contributed by atoms with Gasteiger partial charge in [0.1, 0.15) is 11.3 Å². The largest absolute Gasteiger partial charge is 0.497 e. The molecule has 0 radical (unpaired) electrons. The van der Waals surface area contributed by atoms with Gasteiger partial charge in [-0.3, -0.25) is 4.79 Å². The lowest BCUT2D eigenvalue weighted by Crippen LogP contribution is -2.14. The van der Waals surface area contributed by atoms with Crippen molar-refractivity contribution in [2.45, 2.75) is 6.42 Å². The maximum Gasteiger partial charge on any atom is 0.341 e. The summed E-state index contributed by atoms with van der Waals surface area (Å²) in [5.41, 5.74) is 2.20. The number of aliphatic carboxylic acids is 1. The standard InChI is InChI=1S/C22H20O4S2/c1-26-17-10-8-16(9-11-17)18(15-6-3-2-4-7-15)14-19(23)20(21(24)25)22-27-12-5-13-28-22/h2-4,6-11,14H,5,12-13H2,1H3,(H,24,25)/b18-14-. The molecule has 1 aliphatic heterocycles. The molecule has 1 aliphatic rings. The van der Waals surface area contributed by atoms with Crippen LogP contribution in [0.25, 0.3) is 5.57 Å². The molecule has 0 aliphatic carbocycles. The van der Waals surface area contributed by atoms with E-state index in [0.717, 1.165) is 29.1 Å². The molecular formula is C22H20O4S2. The van der Waals surface area contributed by atoms with Crippen LogP contribution in [-0.4, -0.2) is 35.5 Å². The Morgan fingerprint density at radius 1 is 0.964 bits per heavy atom. The molecule has 1 heterocycles. The van der Waals surface area contributed by atoms with E-state index in [-0.39, 0.29) is 5.57 Å². The van der Waals surface area contributed by atoms with Crippen LogP contribution in [0.3, 0.4) is 0 Å². The quantitative estimate of drug-likeness (QED) is 0.415. The van der Waals surface area contributed by atoms with Crippen molar-refractivity contribution in [3.63, 3.8) is 0 Å². The molecule has 0 amide bonds. The molecule has 1 saturated heterocycles. The number of benzene rings is 2. The molecule has 3 rings (SSSR count). The second-order valence-corrected chi connectivity index (χ2v) is 8.50. The van der Waals surface area contributed by atoms with E-state index >= 15 is 0 Å². The van der Waals surface area contributed by atoms with Crippen molar-refractivity contribution in [2.75, 3.05) is 18.6 Å². The van der Waals surface area contributed by atoms with Gasteiger partial charge in [-0.2, -0.15) is 0 Å². The summed E-state index contributed by atoms with van der Waals surface area (Å²) >= 11 is 2.89. The first-order valence-corrected chi connectivity index (χ1v) is 10.8. The lowest BCUT2D eigenvalue weighted by Gasteiger charge is -2.15. The first-order chi connectivity index (χ1) is 13.6. The highest BCUT2D eigenvalue weighted by Crippen LogP contribution is 2.38. The summed E-state index contributed by atoms with van der Waals surface area (Å²) in [7, 11) is 1.59. The zero-order valence-electron chi connectivity index (χ0n) is 15.4. The van der Waals surface area contributed by atoms with Gasteiger partial charge in [0, 0.05) is 0 Å². The molecule has 6 heteroatoms. The van der Waals surface area contributed by atoms with Crippen molar-refractivity contribution in [3.05, 3.63) is 81.6 Å². The van der Waals surface area contributed by atoms with Crippen LogP contribution in [0.4, 0.5) is 0 Å². The summed E-state index contributed by atoms with van der Waals surface area (Å²) in [5.74, 6) is 0.713. The second kappa shape index (κ2) is 9.66. The number of methoxy groups -OCH3 is 1. The zero-order valence-corrected chi connectivity index (χ0v) is 17.0. The Labute approximate surface area is 172 Å². The summed E-state index contributed by atoms with van der Waals surface area (Å²) in [6.45, 7) is 0. The fourth-order valence-electron chi connectivity index (χ4n) is 2.79. The minimum Gasteiger partial charge on any atom is -0.497 e. The number of carboxylic acid groups (broad SMARTS) is 1. The van der Waals surface area contributed by atoms with Gasteiger partial charge in [0.2, 0.25) is 0 Å². The number of thioether (sulfide) groups is 2. The van der Waals surface area contributed by atoms with Gasteiger partial charge < -0.3 is 9.84 Å². The van der Waals surface area contributed by atoms with E-state index in [1.807, 2.05) is 54.6 Å². The molecule has 0 atom stereocenters. The summed E-state index contributed by atoms with van der Waals surface area (Å²) < 4.78 is 5.81. The van der Waals surface area contributed by atoms with Crippen molar-refractivity contribution in [1.82, 2.24) is 0 Å². The van der Waals surface area contributed by atoms with Crippen LogP contribution < -0.4 is 4.74 Å². The van der Waals surface area contributed by atoms with Gasteiger partial charge in [0.25, 0.3) is 0 Å². The van der Waals surface area contributed by atoms with E-state index in [0.29, 0.717) is 15.6 Å². The van der Waals surface area contributed by atoms with E-state index in [9.17, 15) is 14.7 Å². The predicted molar refractivity (Wildman–Crippen MR) is 116 cm³/mol. The molecule has 28 heavy (non-hydrogen) atoms. The van der Waals surface area contributed by atoms with Crippen LogP contribution in [0.1, 0.15) is 17.5 Å². The van der Waals surface area contributed by atoms with Gasteiger partial charge in [-0.15, -0.1) is 23.5 Å². The van der Waals surface area contributed by atoms with Crippen molar-refractivity contribution in [3.8, 4) is 5.75 Å². The molecule has 0 spiro atoms. The Morgan fingerprint density at radius 3 is 2.14 bits per heavy atom. The van der Waals surface area contributed by atoms with Crippen LogP contribution >= 0.6 is 23.5 Å². The van der Waals surface area contributed by atoms with Crippen LogP contribution in [0, 0.1) is 0 Å². The highest BCUT2D eigenvalue weighted by Gasteiger charge is 2.24. The maximum atomic E-state index is 13.0. The number of carboxylic acids is 1. The average molecular weight is 413 g/mol. The number of ether oxygens (including phenoxy) is 1. The molecule has 0 saturated carbocycles. The highest BCUT2D eigenvalue weighted by atomic mass is 32.2. The van der Waals surface area contributed by atoms with Crippen LogP contribution in [0.5, 0.6) is 5.75 Å². The van der Waals surface area contributed by atoms with Crippen molar-refractivity contribution < 1.29 is 19.4 Å². The average Bonchev–Trinajstić information content (AvgIpc) is 2.73. The Kier molecular flexibility index (Phi) is 7.01. The minimum atomic E-state index is -1.18. The van der Waals surface area contributed by atoms with Gasteiger partial charge in [0.05, 0.1) is 11.3 Å². The van der Waals surface area contributed by atoms with E-state index in [1.165, 1.54) is 29.6 Å². The number of ketones is 1. The summed E-state index contributed by atoms with van der Waals surface area (Å²) in [5, 5.41) is 9.67. The summed E-state index contributed by atoms with van der Waals surface area (Å²) in [6, 6.07) is 16.9. The molecule has 0 bridgehead atoms. The van der Waals surface area contributed by atoms with E-state index in [4.69, 9.17) is 4.74 Å². The van der Waals surface area contributed by atoms with Crippen LogP contribution in [0.2, 0.25) is 0 Å². The van der Waals surface area contributed by atoms with Gasteiger partial charge in [0.15, 0.2) is 5.78 Å². The van der Waals surface area contributed by atoms with Crippen LogP contribution in [0.15, 0.2) is 70.5 Å². The smallest absolute Gasteiger partial charge is 0.341 e. The minimum absolute atomic E-state index is 0.142. The number of allylic oxidation sites excluding steroid dienone is 1. The molecule has 2 aromatic rings. The van der Waals surface area contributed by atoms with E-state index in [1.54, 1.807) is 7.11 Å². The fourth-order valence-corrected chi connectivity index (χ4v) is 5.42. The highest BCUT2D eigenvalue weighted by molar-refractivity contribution is 8.22. The van der Waals surface area contributed by atoms with Gasteiger partial charge in [-0.25, -0.2) is 4.79 Å². The second-order valence-electron chi connectivity index (χ2n) is 6.03. The number of carbonyl (C=O) groups excluding carboxylic acids is 1. The molecule has 1 fully saturated rings. The van der Waals surface area contributed by atoms with Crippen LogP contribution in [-0.2, 0) is 9.59 Å². The Hall–Kier alpha value is -2.44. The third-order valence-corrected chi connectivity index (χ3v) is 6.81. The Bertz CT molecular complexity index is 907. The first-order valence-electron chi connectivity index (χ1n) is 8.79. The molecule has 1 N–H and O–H groups in total. The van der Waals surface area contributed by atoms with Crippen molar-refractivity contribution in [2.24, 2.45) is 0 Å². The lowest BCUT2D eigenvalue weighted by atomic mass is 9.95. The summed E-state index contributed by atoms with van der Waals surface area (Å²) in [4.78, 5) is 24.8. The van der Waals surface area contributed by atoms with Crippen molar-refractivity contribution in [1.29, 1.82) is 0 Å². The first kappa shape index (κ1) is 20.3. The zero-order chi connectivity index (χ0) is 19.9. The molecular weight excluding hydrogens is 392 g/mol. The fraction of sp³-hybridized carbons (Fsp3) is 0.182. The molecule has 0 unspecified atom stereocenters. The topological polar surface area (TPSA) is 63.6 Å².